The van der Waals surface area contributed by atoms with Crippen LogP contribution in [-0.2, 0) is 0 Å². The van der Waals surface area contributed by atoms with Gasteiger partial charge in [-0.2, -0.15) is 0 Å². The summed E-state index contributed by atoms with van der Waals surface area (Å²) in [6.45, 7) is 0. The lowest BCUT2D eigenvalue weighted by molar-refractivity contribution is 0.460. The lowest BCUT2D eigenvalue weighted by atomic mass is 10.0. The molecule has 3 aromatic heterocycles. The predicted molar refractivity (Wildman–Crippen MR) is 140 cm³/mol. The Morgan fingerprint density at radius 2 is 1.54 bits per heavy atom. The molecule has 0 aliphatic carbocycles. The van der Waals surface area contributed by atoms with E-state index in [9.17, 15) is 5.11 Å². The molecule has 1 N–H and O–H groups in total. The predicted octanol–water partition coefficient (Wildman–Crippen LogP) is 7.38. The number of para-hydroxylation sites is 1. The zero-order valence-electron chi connectivity index (χ0n) is 18.6. The van der Waals surface area contributed by atoms with E-state index in [2.05, 4.69) is 57.0 Å². The first-order valence-corrected chi connectivity index (χ1v) is 11.4. The van der Waals surface area contributed by atoms with Gasteiger partial charge in [0.25, 0.3) is 0 Å². The first kappa shape index (κ1) is 19.6. The number of phenols is 1. The van der Waals surface area contributed by atoms with Gasteiger partial charge in [-0.25, -0.2) is 9.97 Å². The molecule has 0 aliphatic heterocycles. The largest absolute Gasteiger partial charge is 0.506 e. The molecule has 5 heteroatoms. The Labute approximate surface area is 200 Å². The van der Waals surface area contributed by atoms with Crippen LogP contribution in [0.3, 0.4) is 0 Å². The van der Waals surface area contributed by atoms with Crippen LogP contribution in [0.25, 0.3) is 49.3 Å². The van der Waals surface area contributed by atoms with E-state index >= 15 is 0 Å². The fourth-order valence-corrected chi connectivity index (χ4v) is 4.85. The Kier molecular flexibility index (Phi) is 4.23. The standard InChI is InChI=1S/C30H19N3O2/c34-26-9-5-7-20-12-16-28(32-30(20)26)35-21-13-14-23-25(18-21)33(27-10-3-4-17-31-27)24-15-11-19-6-1-2-8-22(19)29(23)24/h1-18,34H. The van der Waals surface area contributed by atoms with Crippen LogP contribution in [0.15, 0.2) is 109 Å². The molecule has 166 valence electrons. The molecule has 0 amide bonds. The van der Waals surface area contributed by atoms with Crippen molar-refractivity contribution in [2.24, 2.45) is 0 Å². The summed E-state index contributed by atoms with van der Waals surface area (Å²) in [7, 11) is 0. The highest BCUT2D eigenvalue weighted by Crippen LogP contribution is 2.38. The number of aromatic nitrogens is 3. The lowest BCUT2D eigenvalue weighted by Crippen LogP contribution is -1.96. The number of ether oxygens (including phenoxy) is 1. The van der Waals surface area contributed by atoms with Gasteiger partial charge in [-0.3, -0.25) is 4.57 Å². The molecular weight excluding hydrogens is 434 g/mol. The highest BCUT2D eigenvalue weighted by molar-refractivity contribution is 6.21. The summed E-state index contributed by atoms with van der Waals surface area (Å²) in [4.78, 5) is 9.16. The molecule has 5 nitrogen and oxygen atoms in total. The minimum Gasteiger partial charge on any atom is -0.506 e. The Hall–Kier alpha value is -4.90. The van der Waals surface area contributed by atoms with Crippen molar-refractivity contribution in [1.82, 2.24) is 14.5 Å². The first-order valence-electron chi connectivity index (χ1n) is 11.4. The smallest absolute Gasteiger partial charge is 0.219 e. The summed E-state index contributed by atoms with van der Waals surface area (Å²) >= 11 is 0. The number of pyridine rings is 2. The molecule has 0 bridgehead atoms. The van der Waals surface area contributed by atoms with Crippen LogP contribution in [0.5, 0.6) is 17.4 Å². The number of fused-ring (bicyclic) bond motifs is 6. The number of hydrogen-bond donors (Lipinski definition) is 1. The van der Waals surface area contributed by atoms with Gasteiger partial charge in [0.15, 0.2) is 0 Å². The topological polar surface area (TPSA) is 60.2 Å². The average Bonchev–Trinajstić information content (AvgIpc) is 3.24. The van der Waals surface area contributed by atoms with Gasteiger partial charge in [0.2, 0.25) is 5.88 Å². The number of hydrogen-bond acceptors (Lipinski definition) is 4. The summed E-state index contributed by atoms with van der Waals surface area (Å²) in [5, 5.41) is 15.8. The molecule has 3 heterocycles. The molecule has 0 atom stereocenters. The van der Waals surface area contributed by atoms with E-state index in [0.29, 0.717) is 17.1 Å². The van der Waals surface area contributed by atoms with E-state index < -0.39 is 0 Å². The van der Waals surface area contributed by atoms with E-state index in [0.717, 1.165) is 27.6 Å². The summed E-state index contributed by atoms with van der Waals surface area (Å²) < 4.78 is 8.34. The molecule has 0 fully saturated rings. The summed E-state index contributed by atoms with van der Waals surface area (Å²) in [5.41, 5.74) is 2.60. The molecule has 35 heavy (non-hydrogen) atoms. The monoisotopic (exact) mass is 453 g/mol. The third-order valence-corrected chi connectivity index (χ3v) is 6.40. The quantitative estimate of drug-likeness (QED) is 0.303. The zero-order chi connectivity index (χ0) is 23.4. The van der Waals surface area contributed by atoms with Crippen molar-refractivity contribution in [3.63, 3.8) is 0 Å². The molecule has 0 unspecified atom stereocenters. The molecule has 7 rings (SSSR count). The van der Waals surface area contributed by atoms with E-state index in [1.165, 1.54) is 16.2 Å². The van der Waals surface area contributed by atoms with E-state index in [1.54, 1.807) is 18.3 Å². The highest BCUT2D eigenvalue weighted by atomic mass is 16.5. The van der Waals surface area contributed by atoms with Gasteiger partial charge in [-0.05, 0) is 53.2 Å². The molecule has 0 saturated carbocycles. The van der Waals surface area contributed by atoms with Crippen LogP contribution in [0.2, 0.25) is 0 Å². The van der Waals surface area contributed by atoms with Crippen molar-refractivity contribution in [3.8, 4) is 23.2 Å². The second-order valence-corrected chi connectivity index (χ2v) is 8.48. The number of nitrogens with zero attached hydrogens (tertiary/aromatic N) is 3. The third-order valence-electron chi connectivity index (χ3n) is 6.40. The number of rotatable bonds is 3. The second-order valence-electron chi connectivity index (χ2n) is 8.48. The van der Waals surface area contributed by atoms with Gasteiger partial charge >= 0.3 is 0 Å². The Morgan fingerprint density at radius 1 is 0.686 bits per heavy atom. The fraction of sp³-hybridized carbons (Fsp3) is 0. The van der Waals surface area contributed by atoms with Crippen molar-refractivity contribution < 1.29 is 9.84 Å². The van der Waals surface area contributed by atoms with Gasteiger partial charge in [-0.1, -0.05) is 48.5 Å². The van der Waals surface area contributed by atoms with Crippen molar-refractivity contribution in [1.29, 1.82) is 0 Å². The van der Waals surface area contributed by atoms with Gasteiger partial charge in [0.1, 0.15) is 22.8 Å². The Bertz CT molecular complexity index is 1890. The van der Waals surface area contributed by atoms with Crippen molar-refractivity contribution >= 4 is 43.5 Å². The molecule has 7 aromatic rings. The second kappa shape index (κ2) is 7.57. The number of benzene rings is 4. The van der Waals surface area contributed by atoms with Crippen LogP contribution in [0, 0.1) is 0 Å². The summed E-state index contributed by atoms with van der Waals surface area (Å²) in [6, 6.07) is 33.8. The molecule has 0 aliphatic rings. The zero-order valence-corrected chi connectivity index (χ0v) is 18.6. The highest BCUT2D eigenvalue weighted by Gasteiger charge is 2.16. The minimum absolute atomic E-state index is 0.130. The Morgan fingerprint density at radius 3 is 2.46 bits per heavy atom. The maximum Gasteiger partial charge on any atom is 0.219 e. The molecule has 4 aromatic carbocycles. The van der Waals surface area contributed by atoms with E-state index in [-0.39, 0.29) is 5.75 Å². The SMILES string of the molecule is Oc1cccc2ccc(Oc3ccc4c5c6ccccc6ccc5n(-c5ccccn5)c4c3)nc12. The van der Waals surface area contributed by atoms with Gasteiger partial charge in [0.05, 0.1) is 11.0 Å². The third kappa shape index (κ3) is 3.09. The molecule has 0 saturated heterocycles. The molecule has 0 radical (unpaired) electrons. The van der Waals surface area contributed by atoms with E-state index in [4.69, 9.17) is 4.74 Å². The lowest BCUT2D eigenvalue weighted by Gasteiger charge is -2.09. The fourth-order valence-electron chi connectivity index (χ4n) is 4.85. The van der Waals surface area contributed by atoms with Crippen LogP contribution in [0.4, 0.5) is 0 Å². The van der Waals surface area contributed by atoms with Gasteiger partial charge < -0.3 is 9.84 Å². The molecular formula is C30H19N3O2. The van der Waals surface area contributed by atoms with Crippen molar-refractivity contribution in [2.75, 3.05) is 0 Å². The van der Waals surface area contributed by atoms with Crippen molar-refractivity contribution in [3.05, 3.63) is 109 Å². The average molecular weight is 454 g/mol. The summed E-state index contributed by atoms with van der Waals surface area (Å²) in [5.74, 6) is 2.05. The maximum atomic E-state index is 10.2. The van der Waals surface area contributed by atoms with Crippen molar-refractivity contribution in [2.45, 2.75) is 0 Å². The number of aromatic hydroxyl groups is 1. The minimum atomic E-state index is 0.130. The van der Waals surface area contributed by atoms with Gasteiger partial charge in [0, 0.05) is 34.5 Å². The first-order chi connectivity index (χ1) is 17.3. The van der Waals surface area contributed by atoms with Crippen LogP contribution < -0.4 is 4.74 Å². The maximum absolute atomic E-state index is 10.2. The van der Waals surface area contributed by atoms with Crippen LogP contribution in [-0.4, -0.2) is 19.6 Å². The number of phenolic OH excluding ortho intramolecular Hbond substituents is 1. The van der Waals surface area contributed by atoms with Gasteiger partial charge in [-0.15, -0.1) is 0 Å². The normalized spacial score (nSPS) is 11.5. The van der Waals surface area contributed by atoms with Crippen LogP contribution in [0.1, 0.15) is 0 Å². The Balaban J connectivity index is 1.46. The molecule has 0 spiro atoms. The summed E-state index contributed by atoms with van der Waals surface area (Å²) in [6.07, 6.45) is 1.81. The van der Waals surface area contributed by atoms with E-state index in [1.807, 2.05) is 48.5 Å². The van der Waals surface area contributed by atoms with Crippen LogP contribution >= 0.6 is 0 Å².